The second-order valence-corrected chi connectivity index (χ2v) is 20.1. The Bertz CT molecular complexity index is 2040. The number of sulfonamides is 1. The molecule has 1 aliphatic heterocycles. The molecule has 0 spiro atoms. The summed E-state index contributed by atoms with van der Waals surface area (Å²) in [6.07, 6.45) is 8.78. The summed E-state index contributed by atoms with van der Waals surface area (Å²) >= 11 is 0. The zero-order valence-electron chi connectivity index (χ0n) is 34.0. The summed E-state index contributed by atoms with van der Waals surface area (Å²) in [5, 5.41) is 0. The molecule has 1 aliphatic carbocycles. The number of pyridine rings is 1. The van der Waals surface area contributed by atoms with Gasteiger partial charge in [-0.3, -0.25) is 0 Å². The summed E-state index contributed by atoms with van der Waals surface area (Å²) in [7, 11) is -1.95. The molecule has 2 atom stereocenters. The lowest BCUT2D eigenvalue weighted by Gasteiger charge is -2.33. The van der Waals surface area contributed by atoms with Crippen molar-refractivity contribution in [3.05, 3.63) is 88.6 Å². The van der Waals surface area contributed by atoms with Crippen molar-refractivity contribution in [2.45, 2.75) is 118 Å². The molecule has 6 rings (SSSR count). The van der Waals surface area contributed by atoms with Gasteiger partial charge in [0.05, 0.1) is 17.2 Å². The fraction of sp³-hybridized carbons (Fsp3) is 0.533. The summed E-state index contributed by atoms with van der Waals surface area (Å²) in [5.41, 5.74) is 6.93. The number of fused-ring (bicyclic) bond motifs is 4. The number of anilines is 2. The Kier molecular flexibility index (Phi) is 11.8. The zero-order valence-corrected chi connectivity index (χ0v) is 34.8. The van der Waals surface area contributed by atoms with Crippen LogP contribution in [-0.2, 0) is 22.9 Å². The number of hydrogen-bond donors (Lipinski definition) is 1. The average molecular weight is 752 g/mol. The zero-order chi connectivity index (χ0) is 38.8. The van der Waals surface area contributed by atoms with Gasteiger partial charge in [-0.05, 0) is 96.7 Å². The van der Waals surface area contributed by atoms with Gasteiger partial charge in [-0.25, -0.2) is 23.1 Å². The summed E-state index contributed by atoms with van der Waals surface area (Å²) in [4.78, 5) is 17.3. The molecule has 0 amide bonds. The van der Waals surface area contributed by atoms with E-state index in [4.69, 9.17) is 19.7 Å². The van der Waals surface area contributed by atoms with Crippen LogP contribution in [0.5, 0.6) is 5.88 Å². The molecule has 4 bridgehead atoms. The van der Waals surface area contributed by atoms with Gasteiger partial charge in [-0.15, -0.1) is 0 Å². The first-order chi connectivity index (χ1) is 25.5. The smallest absolute Gasteiger partial charge is 0.264 e. The van der Waals surface area contributed by atoms with Crippen LogP contribution in [-0.4, -0.2) is 43.6 Å². The van der Waals surface area contributed by atoms with Crippen LogP contribution in [0.4, 0.5) is 11.8 Å². The van der Waals surface area contributed by atoms with Crippen molar-refractivity contribution in [3.63, 3.8) is 0 Å². The lowest BCUT2D eigenvalue weighted by molar-refractivity contribution is 0.165. The third-order valence-electron chi connectivity index (χ3n) is 11.0. The highest BCUT2D eigenvalue weighted by Crippen LogP contribution is 2.41. The number of nitrogens with zero attached hydrogens (tertiary/aromatic N) is 4. The molecule has 54 heavy (non-hydrogen) atoms. The first kappa shape index (κ1) is 39.7. The van der Waals surface area contributed by atoms with Crippen LogP contribution in [0.15, 0.2) is 65.6 Å². The summed E-state index contributed by atoms with van der Waals surface area (Å²) in [5.74, 6) is 1.94. The Morgan fingerprint density at radius 3 is 2.30 bits per heavy atom. The predicted molar refractivity (Wildman–Crippen MR) is 221 cm³/mol. The Morgan fingerprint density at radius 1 is 0.852 bits per heavy atom. The van der Waals surface area contributed by atoms with Gasteiger partial charge in [0.25, 0.3) is 10.0 Å². The molecule has 1 fully saturated rings. The van der Waals surface area contributed by atoms with Crippen LogP contribution in [0.3, 0.4) is 0 Å². The van der Waals surface area contributed by atoms with E-state index in [-0.39, 0.29) is 33.5 Å². The normalized spacial score (nSPS) is 19.2. The molecule has 2 aromatic heterocycles. The maximum absolute atomic E-state index is 14.2. The van der Waals surface area contributed by atoms with Crippen LogP contribution in [0.25, 0.3) is 11.3 Å². The third kappa shape index (κ3) is 9.81. The molecule has 1 unspecified atom stereocenters. The molecule has 8 nitrogen and oxygen atoms in total. The number of hydrogen-bond acceptors (Lipinski definition) is 7. The molecule has 1 saturated carbocycles. The minimum Gasteiger partial charge on any atom is -0.477 e. The highest BCUT2D eigenvalue weighted by molar-refractivity contribution is 7.92. The fourth-order valence-electron chi connectivity index (χ4n) is 8.61. The SMILES string of the molecule is Cc1cccc(CC2CCCCC2)c1-c1nc2nc(c1C)OC[C@@H](CC(C)(C)C)C(Cc1cccc(N(C)CC(C)(C)C)n1)c1cccc(c1)S(=O)(=O)N2. The lowest BCUT2D eigenvalue weighted by atomic mass is 9.74. The van der Waals surface area contributed by atoms with E-state index in [1.165, 1.54) is 37.7 Å². The van der Waals surface area contributed by atoms with Gasteiger partial charge in [0.15, 0.2) is 0 Å². The lowest BCUT2D eigenvalue weighted by Crippen LogP contribution is -2.30. The van der Waals surface area contributed by atoms with Crippen LogP contribution in [0.2, 0.25) is 0 Å². The summed E-state index contributed by atoms with van der Waals surface area (Å²) in [6.45, 7) is 18.8. The third-order valence-corrected chi connectivity index (χ3v) is 12.3. The van der Waals surface area contributed by atoms with Gasteiger partial charge in [0.1, 0.15) is 5.82 Å². The Labute approximate surface area is 324 Å². The topological polar surface area (TPSA) is 97.3 Å². The number of ether oxygens (including phenoxy) is 1. The first-order valence-electron chi connectivity index (χ1n) is 19.9. The van der Waals surface area contributed by atoms with Gasteiger partial charge >= 0.3 is 0 Å². The van der Waals surface area contributed by atoms with Crippen LogP contribution >= 0.6 is 0 Å². The minimum atomic E-state index is -4.04. The number of benzene rings is 2. The summed E-state index contributed by atoms with van der Waals surface area (Å²) in [6, 6.07) is 20.0. The van der Waals surface area contributed by atoms with Crippen LogP contribution < -0.4 is 14.4 Å². The van der Waals surface area contributed by atoms with Crippen molar-refractivity contribution in [1.29, 1.82) is 0 Å². The molecule has 2 aromatic carbocycles. The van der Waals surface area contributed by atoms with Crippen molar-refractivity contribution >= 4 is 21.8 Å². The molecular formula is C45H61N5O3S. The number of aromatic nitrogens is 3. The van der Waals surface area contributed by atoms with E-state index in [1.54, 1.807) is 6.07 Å². The number of aryl methyl sites for hydroxylation is 1. The average Bonchev–Trinajstić information content (AvgIpc) is 3.09. The molecule has 0 saturated heterocycles. The Morgan fingerprint density at radius 2 is 1.57 bits per heavy atom. The maximum atomic E-state index is 14.2. The Balaban J connectivity index is 1.45. The van der Waals surface area contributed by atoms with E-state index < -0.39 is 10.0 Å². The van der Waals surface area contributed by atoms with Crippen molar-refractivity contribution in [1.82, 2.24) is 15.0 Å². The van der Waals surface area contributed by atoms with E-state index in [1.807, 2.05) is 25.1 Å². The quantitative estimate of drug-likeness (QED) is 0.191. The second-order valence-electron chi connectivity index (χ2n) is 18.4. The first-order valence-corrected chi connectivity index (χ1v) is 21.3. The van der Waals surface area contributed by atoms with E-state index in [0.717, 1.165) is 58.8 Å². The van der Waals surface area contributed by atoms with Gasteiger partial charge in [0, 0.05) is 36.3 Å². The van der Waals surface area contributed by atoms with Gasteiger partial charge in [-0.2, -0.15) is 4.98 Å². The number of nitrogens with one attached hydrogen (secondary N) is 1. The molecule has 3 heterocycles. The van der Waals surface area contributed by atoms with Gasteiger partial charge in [0.2, 0.25) is 11.8 Å². The second kappa shape index (κ2) is 16.0. The van der Waals surface area contributed by atoms with Crippen molar-refractivity contribution in [3.8, 4) is 17.1 Å². The fourth-order valence-corrected chi connectivity index (χ4v) is 9.61. The molecule has 0 radical (unpaired) electrons. The van der Waals surface area contributed by atoms with Gasteiger partial charge < -0.3 is 9.64 Å². The molecule has 2 aliphatic rings. The highest BCUT2D eigenvalue weighted by atomic mass is 32.2. The van der Waals surface area contributed by atoms with Crippen molar-refractivity contribution in [2.75, 3.05) is 29.8 Å². The summed E-state index contributed by atoms with van der Waals surface area (Å²) < 4.78 is 37.9. The molecule has 1 N–H and O–H groups in total. The number of rotatable bonds is 8. The Hall–Kier alpha value is -3.98. The largest absolute Gasteiger partial charge is 0.477 e. The maximum Gasteiger partial charge on any atom is 0.264 e. The van der Waals surface area contributed by atoms with E-state index in [9.17, 15) is 8.42 Å². The van der Waals surface area contributed by atoms with Crippen LogP contribution in [0.1, 0.15) is 114 Å². The van der Waals surface area contributed by atoms with E-state index in [2.05, 4.69) is 102 Å². The predicted octanol–water partition coefficient (Wildman–Crippen LogP) is 10.3. The molecular weight excluding hydrogens is 691 g/mol. The monoisotopic (exact) mass is 751 g/mol. The highest BCUT2D eigenvalue weighted by Gasteiger charge is 2.32. The molecule has 9 heteroatoms. The minimum absolute atomic E-state index is 0.0211. The van der Waals surface area contributed by atoms with E-state index >= 15 is 0 Å². The van der Waals surface area contributed by atoms with E-state index in [0.29, 0.717) is 24.8 Å². The van der Waals surface area contributed by atoms with Crippen molar-refractivity contribution < 1.29 is 13.2 Å². The molecule has 4 aromatic rings. The molecule has 290 valence electrons. The standard InChI is InChI=1S/C45H61N5O3S/c1-30-16-13-20-34(24-32-17-11-10-12-18-32)40(30)41-31(2)42-48-43(47-41)49-54(51,52)37-22-14-19-33(25-37)38(35(28-53-42)27-44(3,4)5)26-36-21-15-23-39(46-36)50(9)29-45(6,7)8/h13-16,19-23,25,32,35,38H,10-12,17-18,24,26-29H2,1-9H3,(H,47,48,49)/t35-,38?/m1/s1. The van der Waals surface area contributed by atoms with Gasteiger partial charge in [-0.1, -0.05) is 110 Å². The van der Waals surface area contributed by atoms with Crippen LogP contribution in [0, 0.1) is 36.5 Å². The van der Waals surface area contributed by atoms with Crippen molar-refractivity contribution in [2.24, 2.45) is 22.7 Å².